The maximum absolute atomic E-state index is 6.06. The van der Waals surface area contributed by atoms with Gasteiger partial charge in [-0.05, 0) is 0 Å². The molecule has 1 heterocycles. The Morgan fingerprint density at radius 2 is 1.80 bits per heavy atom. The van der Waals surface area contributed by atoms with E-state index in [0.29, 0.717) is 0 Å². The van der Waals surface area contributed by atoms with Gasteiger partial charge < -0.3 is 15.9 Å². The quantitative estimate of drug-likeness (QED) is 0.479. The third-order valence-corrected chi connectivity index (χ3v) is 1.50. The molecule has 0 spiro atoms. The van der Waals surface area contributed by atoms with Gasteiger partial charge in [-0.2, -0.15) is 0 Å². The van der Waals surface area contributed by atoms with E-state index in [1.54, 1.807) is 6.26 Å². The standard InChI is InChI=1S/C9H7NO.CH5N3/c1-2-4-8(5-3-1)9-6-11-7-10-9;2-1(3)4/h1-7H;(H5,2,3,4). The number of nitrogens with zero attached hydrogens (tertiary/aromatic N) is 1. The summed E-state index contributed by atoms with van der Waals surface area (Å²) in [4.78, 5) is 4.02. The largest absolute Gasteiger partial charge is 0.451 e. The van der Waals surface area contributed by atoms with Crippen LogP contribution >= 0.6 is 0 Å². The first kappa shape index (κ1) is 10.8. The number of nitrogens with two attached hydrogens (primary N) is 2. The van der Waals surface area contributed by atoms with Crippen LogP contribution < -0.4 is 11.5 Å². The first-order chi connectivity index (χ1) is 7.20. The molecule has 0 aliphatic carbocycles. The van der Waals surface area contributed by atoms with Gasteiger partial charge >= 0.3 is 0 Å². The summed E-state index contributed by atoms with van der Waals surface area (Å²) in [6.07, 6.45) is 3.07. The van der Waals surface area contributed by atoms with Crippen molar-refractivity contribution >= 4 is 5.96 Å². The fourth-order valence-electron chi connectivity index (χ4n) is 0.964. The summed E-state index contributed by atoms with van der Waals surface area (Å²) < 4.78 is 4.86. The van der Waals surface area contributed by atoms with E-state index in [9.17, 15) is 0 Å². The number of hydrogen-bond acceptors (Lipinski definition) is 3. The van der Waals surface area contributed by atoms with Gasteiger partial charge in [-0.15, -0.1) is 0 Å². The average Bonchev–Trinajstić information content (AvgIpc) is 2.71. The van der Waals surface area contributed by atoms with E-state index in [0.717, 1.165) is 11.3 Å². The van der Waals surface area contributed by atoms with Crippen LogP contribution in [0, 0.1) is 5.41 Å². The number of nitrogens with one attached hydrogen (secondary N) is 1. The highest BCUT2D eigenvalue weighted by Crippen LogP contribution is 2.14. The number of benzene rings is 1. The lowest BCUT2D eigenvalue weighted by Gasteiger charge is -1.91. The fourth-order valence-corrected chi connectivity index (χ4v) is 0.964. The molecule has 0 saturated carbocycles. The fraction of sp³-hybridized carbons (Fsp3) is 0. The molecule has 0 fully saturated rings. The molecule has 0 amide bonds. The van der Waals surface area contributed by atoms with E-state index in [1.807, 2.05) is 30.3 Å². The van der Waals surface area contributed by atoms with Gasteiger partial charge in [0.2, 0.25) is 0 Å². The highest BCUT2D eigenvalue weighted by atomic mass is 16.3. The van der Waals surface area contributed by atoms with E-state index in [1.165, 1.54) is 6.39 Å². The number of hydrogen-bond donors (Lipinski definition) is 3. The lowest BCUT2D eigenvalue weighted by Crippen LogP contribution is -2.20. The van der Waals surface area contributed by atoms with E-state index in [-0.39, 0.29) is 5.96 Å². The average molecular weight is 204 g/mol. The van der Waals surface area contributed by atoms with Crippen LogP contribution in [0.1, 0.15) is 0 Å². The van der Waals surface area contributed by atoms with Crippen molar-refractivity contribution in [2.75, 3.05) is 0 Å². The number of aromatic nitrogens is 1. The van der Waals surface area contributed by atoms with E-state index < -0.39 is 0 Å². The van der Waals surface area contributed by atoms with Crippen LogP contribution in [0.3, 0.4) is 0 Å². The summed E-state index contributed by atoms with van der Waals surface area (Å²) in [6.45, 7) is 0. The molecule has 1 aromatic carbocycles. The molecule has 78 valence electrons. The molecule has 1 aromatic heterocycles. The van der Waals surface area contributed by atoms with E-state index in [4.69, 9.17) is 9.83 Å². The van der Waals surface area contributed by atoms with Gasteiger partial charge in [0.25, 0.3) is 0 Å². The highest BCUT2D eigenvalue weighted by molar-refractivity contribution is 5.71. The summed E-state index contributed by atoms with van der Waals surface area (Å²) in [6, 6.07) is 9.92. The third kappa shape index (κ3) is 3.95. The zero-order valence-corrected chi connectivity index (χ0v) is 8.05. The minimum absolute atomic E-state index is 0.333. The van der Waals surface area contributed by atoms with E-state index >= 15 is 0 Å². The first-order valence-corrected chi connectivity index (χ1v) is 4.23. The molecule has 2 aromatic rings. The molecule has 0 radical (unpaired) electrons. The molecular weight excluding hydrogens is 192 g/mol. The van der Waals surface area contributed by atoms with Crippen molar-refractivity contribution < 1.29 is 4.42 Å². The number of rotatable bonds is 1. The van der Waals surface area contributed by atoms with Gasteiger partial charge in [0, 0.05) is 5.56 Å². The highest BCUT2D eigenvalue weighted by Gasteiger charge is 1.96. The summed E-state index contributed by atoms with van der Waals surface area (Å²) in [5.41, 5.74) is 10.9. The molecule has 0 unspecified atom stereocenters. The van der Waals surface area contributed by atoms with Crippen LogP contribution in [0.25, 0.3) is 11.3 Å². The second-order valence-corrected chi connectivity index (χ2v) is 2.70. The summed E-state index contributed by atoms with van der Waals surface area (Å²) in [5, 5.41) is 6.06. The Morgan fingerprint density at radius 1 is 1.20 bits per heavy atom. The van der Waals surface area contributed by atoms with Crippen LogP contribution in [-0.2, 0) is 0 Å². The van der Waals surface area contributed by atoms with Gasteiger partial charge in [0.05, 0.1) is 0 Å². The Bertz CT molecular complexity index is 393. The summed E-state index contributed by atoms with van der Waals surface area (Å²) >= 11 is 0. The zero-order valence-electron chi connectivity index (χ0n) is 8.05. The van der Waals surface area contributed by atoms with Crippen molar-refractivity contribution in [3.8, 4) is 11.3 Å². The van der Waals surface area contributed by atoms with Crippen LogP contribution in [0.5, 0.6) is 0 Å². The predicted molar refractivity (Wildman–Crippen MR) is 58.0 cm³/mol. The Morgan fingerprint density at radius 3 is 2.27 bits per heavy atom. The van der Waals surface area contributed by atoms with Crippen molar-refractivity contribution in [3.05, 3.63) is 43.0 Å². The molecule has 5 heteroatoms. The van der Waals surface area contributed by atoms with Crippen LogP contribution in [0.2, 0.25) is 0 Å². The molecule has 0 aliphatic rings. The molecular formula is C10H12N4O. The number of guanidine groups is 1. The van der Waals surface area contributed by atoms with Gasteiger partial charge in [-0.3, -0.25) is 5.41 Å². The molecule has 0 bridgehead atoms. The summed E-state index contributed by atoms with van der Waals surface area (Å²) in [7, 11) is 0. The lowest BCUT2D eigenvalue weighted by molar-refractivity contribution is 0.558. The van der Waals surface area contributed by atoms with Gasteiger partial charge in [0.15, 0.2) is 12.4 Å². The maximum atomic E-state index is 6.06. The normalized spacial score (nSPS) is 8.80. The minimum atomic E-state index is -0.333. The van der Waals surface area contributed by atoms with Gasteiger partial charge in [-0.25, -0.2) is 4.98 Å². The zero-order chi connectivity index (χ0) is 11.1. The Balaban J connectivity index is 0.000000245. The van der Waals surface area contributed by atoms with E-state index in [2.05, 4.69) is 16.5 Å². The topological polar surface area (TPSA) is 102 Å². The van der Waals surface area contributed by atoms with Crippen molar-refractivity contribution in [1.82, 2.24) is 4.98 Å². The maximum Gasteiger partial charge on any atom is 0.183 e. The first-order valence-electron chi connectivity index (χ1n) is 4.23. The second kappa shape index (κ2) is 5.43. The van der Waals surface area contributed by atoms with Crippen LogP contribution in [-0.4, -0.2) is 10.9 Å². The van der Waals surface area contributed by atoms with Crippen LogP contribution in [0.4, 0.5) is 0 Å². The Hall–Kier alpha value is -2.30. The van der Waals surface area contributed by atoms with Crippen molar-refractivity contribution in [1.29, 1.82) is 5.41 Å². The van der Waals surface area contributed by atoms with Crippen molar-refractivity contribution in [2.45, 2.75) is 0 Å². The second-order valence-electron chi connectivity index (χ2n) is 2.70. The molecule has 2 rings (SSSR count). The molecule has 0 aliphatic heterocycles. The Labute approximate surface area is 87.2 Å². The Kier molecular flexibility index (Phi) is 3.91. The number of oxazole rings is 1. The molecule has 5 nitrogen and oxygen atoms in total. The van der Waals surface area contributed by atoms with Gasteiger partial charge in [-0.1, -0.05) is 30.3 Å². The smallest absolute Gasteiger partial charge is 0.183 e. The monoisotopic (exact) mass is 204 g/mol. The summed E-state index contributed by atoms with van der Waals surface area (Å²) in [5.74, 6) is -0.333. The molecule has 5 N–H and O–H groups in total. The minimum Gasteiger partial charge on any atom is -0.451 e. The SMILES string of the molecule is N=C(N)N.c1ccc(-c2cocn2)cc1. The van der Waals surface area contributed by atoms with Crippen molar-refractivity contribution in [3.63, 3.8) is 0 Å². The van der Waals surface area contributed by atoms with Crippen LogP contribution in [0.15, 0.2) is 47.4 Å². The molecule has 0 saturated heterocycles. The molecule has 0 atom stereocenters. The predicted octanol–water partition coefficient (Wildman–Crippen LogP) is 1.18. The lowest BCUT2D eigenvalue weighted by atomic mass is 10.2. The third-order valence-electron chi connectivity index (χ3n) is 1.50. The van der Waals surface area contributed by atoms with Crippen molar-refractivity contribution in [2.24, 2.45) is 11.5 Å². The van der Waals surface area contributed by atoms with Gasteiger partial charge in [0.1, 0.15) is 12.0 Å². The molecule has 15 heavy (non-hydrogen) atoms.